The predicted molar refractivity (Wildman–Crippen MR) is 103 cm³/mol. The van der Waals surface area contributed by atoms with Crippen molar-refractivity contribution in [3.05, 3.63) is 52.5 Å². The smallest absolute Gasteiger partial charge is 0.162 e. The van der Waals surface area contributed by atoms with Gasteiger partial charge in [-0.05, 0) is 48.1 Å². The molecule has 0 saturated carbocycles. The normalized spacial score (nSPS) is 24.6. The van der Waals surface area contributed by atoms with Crippen LogP contribution in [0.2, 0.25) is 5.02 Å². The van der Waals surface area contributed by atoms with Crippen molar-refractivity contribution < 1.29 is 9.47 Å². The third-order valence-corrected chi connectivity index (χ3v) is 6.18. The molecule has 25 heavy (non-hydrogen) atoms. The molecule has 1 saturated heterocycles. The number of methoxy groups -OCH3 is 2. The van der Waals surface area contributed by atoms with Gasteiger partial charge in [0.2, 0.25) is 0 Å². The highest BCUT2D eigenvalue weighted by atomic mass is 35.5. The second kappa shape index (κ2) is 6.62. The Hall–Kier alpha value is -1.58. The van der Waals surface area contributed by atoms with Crippen molar-refractivity contribution in [2.24, 2.45) is 5.92 Å². The van der Waals surface area contributed by atoms with Gasteiger partial charge in [-0.3, -0.25) is 0 Å². The van der Waals surface area contributed by atoms with E-state index in [0.717, 1.165) is 35.9 Å². The summed E-state index contributed by atoms with van der Waals surface area (Å²) in [5.74, 6) is 2.00. The monoisotopic (exact) mass is 377 g/mol. The van der Waals surface area contributed by atoms with Gasteiger partial charge in [0.25, 0.3) is 0 Å². The van der Waals surface area contributed by atoms with Gasteiger partial charge in [-0.25, -0.2) is 0 Å². The molecular weight excluding hydrogens is 357 g/mol. The number of fused-ring (bicyclic) bond motifs is 4. The molecule has 0 aromatic heterocycles. The summed E-state index contributed by atoms with van der Waals surface area (Å²) in [4.78, 5) is 2.47. The van der Waals surface area contributed by atoms with Crippen LogP contribution >= 0.6 is 23.2 Å². The molecule has 5 heteroatoms. The van der Waals surface area contributed by atoms with E-state index < -0.39 is 0 Å². The Morgan fingerprint density at radius 3 is 2.40 bits per heavy atom. The molecule has 0 unspecified atom stereocenters. The Labute approximate surface area is 158 Å². The summed E-state index contributed by atoms with van der Waals surface area (Å²) in [6, 6.07) is 12.5. The number of ether oxygens (including phenoxy) is 2. The van der Waals surface area contributed by atoms with E-state index in [1.807, 2.05) is 12.1 Å². The lowest BCUT2D eigenvalue weighted by Crippen LogP contribution is -2.47. The minimum Gasteiger partial charge on any atom is -0.493 e. The molecule has 2 aromatic carbocycles. The second-order valence-corrected chi connectivity index (χ2v) is 7.77. The van der Waals surface area contributed by atoms with Crippen LogP contribution in [0.5, 0.6) is 11.5 Å². The highest BCUT2D eigenvalue weighted by Crippen LogP contribution is 2.48. The summed E-state index contributed by atoms with van der Waals surface area (Å²) in [5.41, 5.74) is 3.74. The maximum Gasteiger partial charge on any atom is 0.162 e. The Kier molecular flexibility index (Phi) is 4.47. The number of anilines is 1. The summed E-state index contributed by atoms with van der Waals surface area (Å²) in [6.07, 6.45) is 1.91. The highest BCUT2D eigenvalue weighted by molar-refractivity contribution is 6.30. The SMILES string of the molecule is COc1cc2c(cc1OC)N1C[C@@H](C2)[C@H](Cl)C[C@H]1c1ccc(Cl)cc1. The van der Waals surface area contributed by atoms with Gasteiger partial charge in [0, 0.05) is 28.7 Å². The first-order valence-corrected chi connectivity index (χ1v) is 9.33. The van der Waals surface area contributed by atoms with E-state index in [2.05, 4.69) is 29.2 Å². The molecule has 2 bridgehead atoms. The van der Waals surface area contributed by atoms with Crippen LogP contribution in [0.4, 0.5) is 5.69 Å². The van der Waals surface area contributed by atoms with Crippen LogP contribution in [0.25, 0.3) is 0 Å². The van der Waals surface area contributed by atoms with Gasteiger partial charge in [-0.15, -0.1) is 11.6 Å². The average molecular weight is 378 g/mol. The lowest BCUT2D eigenvalue weighted by molar-refractivity contribution is 0.338. The summed E-state index contributed by atoms with van der Waals surface area (Å²) in [7, 11) is 3.35. The largest absolute Gasteiger partial charge is 0.493 e. The summed E-state index contributed by atoms with van der Waals surface area (Å²) in [5, 5.41) is 0.920. The molecule has 0 radical (unpaired) electrons. The Morgan fingerprint density at radius 1 is 1.04 bits per heavy atom. The van der Waals surface area contributed by atoms with Crippen LogP contribution in [0.3, 0.4) is 0 Å². The van der Waals surface area contributed by atoms with E-state index in [0.29, 0.717) is 5.92 Å². The van der Waals surface area contributed by atoms with Gasteiger partial charge >= 0.3 is 0 Å². The zero-order valence-corrected chi connectivity index (χ0v) is 15.8. The number of hydrogen-bond acceptors (Lipinski definition) is 3. The van der Waals surface area contributed by atoms with Crippen molar-refractivity contribution in [3.63, 3.8) is 0 Å². The fourth-order valence-corrected chi connectivity index (χ4v) is 4.57. The van der Waals surface area contributed by atoms with E-state index in [9.17, 15) is 0 Å². The van der Waals surface area contributed by atoms with Crippen molar-refractivity contribution in [3.8, 4) is 11.5 Å². The Morgan fingerprint density at radius 2 is 1.72 bits per heavy atom. The van der Waals surface area contributed by atoms with Gasteiger partial charge in [0.05, 0.1) is 20.3 Å². The zero-order valence-electron chi connectivity index (χ0n) is 14.3. The van der Waals surface area contributed by atoms with Crippen molar-refractivity contribution in [1.82, 2.24) is 0 Å². The first-order chi connectivity index (χ1) is 12.1. The Balaban J connectivity index is 1.79. The van der Waals surface area contributed by atoms with Gasteiger partial charge in [-0.1, -0.05) is 23.7 Å². The molecule has 0 aliphatic carbocycles. The van der Waals surface area contributed by atoms with E-state index >= 15 is 0 Å². The van der Waals surface area contributed by atoms with Crippen molar-refractivity contribution in [2.45, 2.75) is 24.3 Å². The minimum absolute atomic E-state index is 0.165. The van der Waals surface area contributed by atoms with Crippen molar-refractivity contribution >= 4 is 28.9 Å². The van der Waals surface area contributed by atoms with Gasteiger partial charge < -0.3 is 14.4 Å². The van der Waals surface area contributed by atoms with Crippen LogP contribution in [-0.2, 0) is 6.42 Å². The maximum atomic E-state index is 6.75. The first-order valence-electron chi connectivity index (χ1n) is 8.51. The third-order valence-electron chi connectivity index (χ3n) is 5.40. The van der Waals surface area contributed by atoms with E-state index in [1.165, 1.54) is 16.8 Å². The Bertz CT molecular complexity index is 778. The molecule has 3 atom stereocenters. The van der Waals surface area contributed by atoms with Crippen LogP contribution in [-0.4, -0.2) is 26.1 Å². The molecule has 3 nitrogen and oxygen atoms in total. The molecule has 2 aromatic rings. The van der Waals surface area contributed by atoms with Gasteiger partial charge in [-0.2, -0.15) is 0 Å². The number of hydrogen-bond donors (Lipinski definition) is 0. The molecule has 0 N–H and O–H groups in total. The van der Waals surface area contributed by atoms with Gasteiger partial charge in [0.1, 0.15) is 0 Å². The topological polar surface area (TPSA) is 21.7 Å². The standard InChI is InChI=1S/C20H21Cl2NO2/c1-24-19-8-13-7-14-11-23(18(13)10-20(19)25-2)17(9-16(14)22)12-3-5-15(21)6-4-12/h3-6,8,10,14,16-17H,7,9,11H2,1-2H3/t14-,16-,17+/m1/s1. The molecular formula is C20H21Cl2NO2. The number of halogens is 2. The molecule has 1 fully saturated rings. The molecule has 4 rings (SSSR count). The number of nitrogens with zero attached hydrogens (tertiary/aromatic N) is 1. The quantitative estimate of drug-likeness (QED) is 0.695. The lowest BCUT2D eigenvalue weighted by Gasteiger charge is -2.48. The fourth-order valence-electron chi connectivity index (χ4n) is 4.11. The molecule has 2 aliphatic rings. The van der Waals surface area contributed by atoms with Crippen LogP contribution in [0, 0.1) is 5.92 Å². The highest BCUT2D eigenvalue weighted by Gasteiger charge is 2.40. The molecule has 2 aliphatic heterocycles. The van der Waals surface area contributed by atoms with Crippen LogP contribution in [0.15, 0.2) is 36.4 Å². The van der Waals surface area contributed by atoms with Crippen LogP contribution < -0.4 is 14.4 Å². The minimum atomic E-state index is 0.165. The number of benzene rings is 2. The van der Waals surface area contributed by atoms with E-state index in [4.69, 9.17) is 32.7 Å². The van der Waals surface area contributed by atoms with E-state index in [-0.39, 0.29) is 11.4 Å². The molecule has 0 spiro atoms. The number of alkyl halides is 1. The summed E-state index contributed by atoms with van der Waals surface area (Å²) < 4.78 is 11.0. The molecule has 0 amide bonds. The van der Waals surface area contributed by atoms with Crippen LogP contribution in [0.1, 0.15) is 23.6 Å². The van der Waals surface area contributed by atoms with E-state index in [1.54, 1.807) is 14.2 Å². The first kappa shape index (κ1) is 16.9. The van der Waals surface area contributed by atoms with Crippen molar-refractivity contribution in [2.75, 3.05) is 25.7 Å². The summed E-state index contributed by atoms with van der Waals surface area (Å²) >= 11 is 12.8. The average Bonchev–Trinajstić information content (AvgIpc) is 2.64. The molecule has 132 valence electrons. The predicted octanol–water partition coefficient (Wildman–Crippen LogP) is 5.09. The second-order valence-electron chi connectivity index (χ2n) is 6.77. The lowest BCUT2D eigenvalue weighted by atomic mass is 9.80. The number of rotatable bonds is 3. The van der Waals surface area contributed by atoms with Gasteiger partial charge in [0.15, 0.2) is 11.5 Å². The third kappa shape index (κ3) is 2.94. The maximum absolute atomic E-state index is 6.75. The zero-order chi connectivity index (χ0) is 17.6. The summed E-state index contributed by atoms with van der Waals surface area (Å²) in [6.45, 7) is 0.962. The molecule has 2 heterocycles. The van der Waals surface area contributed by atoms with Crippen molar-refractivity contribution in [1.29, 1.82) is 0 Å². The fraction of sp³-hybridized carbons (Fsp3) is 0.400. The number of piperidine rings is 1.